The zero-order chi connectivity index (χ0) is 19.4. The number of hydrogen-bond acceptors (Lipinski definition) is 4. The van der Waals surface area contributed by atoms with Crippen molar-refractivity contribution < 1.29 is 19.0 Å². The molecule has 0 aromatic heterocycles. The van der Waals surface area contributed by atoms with Gasteiger partial charge in [0.1, 0.15) is 19.0 Å². The third-order valence-corrected chi connectivity index (χ3v) is 4.84. The summed E-state index contributed by atoms with van der Waals surface area (Å²) in [5, 5.41) is 3.04. The summed E-state index contributed by atoms with van der Waals surface area (Å²) in [6, 6.07) is 11.5. The Hall–Kier alpha value is -2.69. The maximum Gasteiger partial charge on any atom is 0.261 e. The molecule has 0 saturated heterocycles. The molecule has 1 heterocycles. The van der Waals surface area contributed by atoms with Gasteiger partial charge in [-0.15, -0.1) is 0 Å². The van der Waals surface area contributed by atoms with E-state index in [-0.39, 0.29) is 11.9 Å². The average Bonchev–Trinajstić information content (AvgIpc) is 2.68. The first-order chi connectivity index (χ1) is 13.0. The number of carbonyl (C=O) groups is 1. The summed E-state index contributed by atoms with van der Waals surface area (Å²) in [5.74, 6) is 2.05. The molecule has 2 aromatic carbocycles. The number of ether oxygens (including phenoxy) is 3. The first-order valence-electron chi connectivity index (χ1n) is 9.41. The number of rotatable bonds is 6. The number of nitrogens with one attached hydrogen (secondary N) is 1. The van der Waals surface area contributed by atoms with Crippen LogP contribution in [0.4, 0.5) is 0 Å². The Morgan fingerprint density at radius 2 is 1.81 bits per heavy atom. The Kier molecular flexibility index (Phi) is 5.89. The Morgan fingerprint density at radius 1 is 1.07 bits per heavy atom. The highest BCUT2D eigenvalue weighted by Gasteiger charge is 2.22. The Morgan fingerprint density at radius 3 is 2.52 bits per heavy atom. The van der Waals surface area contributed by atoms with Gasteiger partial charge >= 0.3 is 0 Å². The Labute approximate surface area is 160 Å². The molecule has 5 heteroatoms. The predicted octanol–water partition coefficient (Wildman–Crippen LogP) is 4.11. The molecule has 0 spiro atoms. The van der Waals surface area contributed by atoms with Crippen molar-refractivity contribution in [2.24, 2.45) is 0 Å². The molecule has 144 valence electrons. The molecule has 5 nitrogen and oxygen atoms in total. The third kappa shape index (κ3) is 4.54. The van der Waals surface area contributed by atoms with Crippen molar-refractivity contribution in [3.63, 3.8) is 0 Å². The molecule has 0 radical (unpaired) electrons. The smallest absolute Gasteiger partial charge is 0.261 e. The number of benzene rings is 2. The van der Waals surface area contributed by atoms with Crippen LogP contribution in [0, 0.1) is 13.8 Å². The lowest BCUT2D eigenvalue weighted by atomic mass is 10.1. The van der Waals surface area contributed by atoms with Crippen molar-refractivity contribution in [2.75, 3.05) is 13.2 Å². The van der Waals surface area contributed by atoms with Crippen LogP contribution in [0.2, 0.25) is 0 Å². The highest BCUT2D eigenvalue weighted by molar-refractivity contribution is 5.81. The van der Waals surface area contributed by atoms with Crippen molar-refractivity contribution in [1.82, 2.24) is 5.32 Å². The van der Waals surface area contributed by atoms with E-state index in [0.29, 0.717) is 25.4 Å². The fourth-order valence-electron chi connectivity index (χ4n) is 2.99. The normalized spacial score (nSPS) is 15.0. The van der Waals surface area contributed by atoms with Crippen LogP contribution < -0.4 is 19.5 Å². The molecular formula is C22H27NO4. The third-order valence-electron chi connectivity index (χ3n) is 4.84. The Bertz CT molecular complexity index is 818. The van der Waals surface area contributed by atoms with Crippen LogP contribution in [0.5, 0.6) is 17.2 Å². The second-order valence-electron chi connectivity index (χ2n) is 6.89. The van der Waals surface area contributed by atoms with E-state index in [9.17, 15) is 4.79 Å². The van der Waals surface area contributed by atoms with E-state index in [4.69, 9.17) is 14.2 Å². The number of carbonyl (C=O) groups excluding carboxylic acids is 1. The molecule has 0 unspecified atom stereocenters. The summed E-state index contributed by atoms with van der Waals surface area (Å²) < 4.78 is 17.1. The highest BCUT2D eigenvalue weighted by atomic mass is 16.6. The van der Waals surface area contributed by atoms with E-state index in [2.05, 4.69) is 12.2 Å². The van der Waals surface area contributed by atoms with Gasteiger partial charge in [-0.1, -0.05) is 19.1 Å². The van der Waals surface area contributed by atoms with Gasteiger partial charge in [0.2, 0.25) is 0 Å². The van der Waals surface area contributed by atoms with Crippen LogP contribution in [0.3, 0.4) is 0 Å². The van der Waals surface area contributed by atoms with Crippen LogP contribution in [-0.4, -0.2) is 25.2 Å². The number of aryl methyl sites for hydroxylation is 2. The van der Waals surface area contributed by atoms with Crippen LogP contribution in [0.1, 0.15) is 43.0 Å². The Balaban J connectivity index is 1.66. The molecule has 2 aromatic rings. The van der Waals surface area contributed by atoms with Gasteiger partial charge in [0.15, 0.2) is 17.6 Å². The SMILES string of the molecule is CC[C@H](Oc1ccc(C)c(C)c1)C(=O)N[C@@H](C)c1ccc2c(c1)OCCO2. The highest BCUT2D eigenvalue weighted by Crippen LogP contribution is 2.32. The van der Waals surface area contributed by atoms with Gasteiger partial charge in [-0.2, -0.15) is 0 Å². The summed E-state index contributed by atoms with van der Waals surface area (Å²) in [6.07, 6.45) is 0.0545. The van der Waals surface area contributed by atoms with Gasteiger partial charge in [-0.25, -0.2) is 0 Å². The number of amides is 1. The van der Waals surface area contributed by atoms with Crippen molar-refractivity contribution in [2.45, 2.75) is 46.3 Å². The van der Waals surface area contributed by atoms with E-state index < -0.39 is 6.10 Å². The molecule has 0 bridgehead atoms. The second kappa shape index (κ2) is 8.33. The second-order valence-corrected chi connectivity index (χ2v) is 6.89. The minimum Gasteiger partial charge on any atom is -0.486 e. The fraction of sp³-hybridized carbons (Fsp3) is 0.409. The van der Waals surface area contributed by atoms with Gasteiger partial charge in [-0.05, 0) is 68.1 Å². The lowest BCUT2D eigenvalue weighted by Gasteiger charge is -2.23. The van der Waals surface area contributed by atoms with Crippen LogP contribution in [0.25, 0.3) is 0 Å². The molecule has 1 amide bonds. The first-order valence-corrected chi connectivity index (χ1v) is 9.41. The van der Waals surface area contributed by atoms with Crippen molar-refractivity contribution >= 4 is 5.91 Å². The fourth-order valence-corrected chi connectivity index (χ4v) is 2.99. The molecular weight excluding hydrogens is 342 g/mol. The van der Waals surface area contributed by atoms with Crippen LogP contribution in [-0.2, 0) is 4.79 Å². The zero-order valence-electron chi connectivity index (χ0n) is 16.4. The summed E-state index contributed by atoms with van der Waals surface area (Å²) in [7, 11) is 0. The zero-order valence-corrected chi connectivity index (χ0v) is 16.4. The van der Waals surface area contributed by atoms with Gasteiger partial charge in [0.25, 0.3) is 5.91 Å². The molecule has 0 saturated carbocycles. The molecule has 1 aliphatic rings. The molecule has 27 heavy (non-hydrogen) atoms. The van der Waals surface area contributed by atoms with E-state index in [1.165, 1.54) is 5.56 Å². The van der Waals surface area contributed by atoms with Crippen LogP contribution in [0.15, 0.2) is 36.4 Å². The largest absolute Gasteiger partial charge is 0.486 e. The number of hydrogen-bond donors (Lipinski definition) is 1. The van der Waals surface area contributed by atoms with Crippen molar-refractivity contribution in [3.05, 3.63) is 53.1 Å². The summed E-state index contributed by atoms with van der Waals surface area (Å²) in [4.78, 5) is 12.7. The summed E-state index contributed by atoms with van der Waals surface area (Å²) in [6.45, 7) is 9.09. The van der Waals surface area contributed by atoms with E-state index in [1.54, 1.807) is 0 Å². The van der Waals surface area contributed by atoms with Crippen molar-refractivity contribution in [1.29, 1.82) is 0 Å². The molecule has 1 N–H and O–H groups in total. The maximum absolute atomic E-state index is 12.7. The predicted molar refractivity (Wildman–Crippen MR) is 105 cm³/mol. The van der Waals surface area contributed by atoms with Gasteiger partial charge in [-0.3, -0.25) is 4.79 Å². The number of fused-ring (bicyclic) bond motifs is 1. The standard InChI is InChI=1S/C22H27NO4/c1-5-19(27-18-8-6-14(2)15(3)12-18)22(24)23-16(4)17-7-9-20-21(13-17)26-11-10-25-20/h6-9,12-13,16,19H,5,10-11H2,1-4H3,(H,23,24)/t16-,19-/m0/s1. The van der Waals surface area contributed by atoms with Crippen LogP contribution >= 0.6 is 0 Å². The van der Waals surface area contributed by atoms with E-state index in [0.717, 1.165) is 22.6 Å². The minimum atomic E-state index is -0.535. The molecule has 2 atom stereocenters. The first kappa shape index (κ1) is 19.1. The van der Waals surface area contributed by atoms with Crippen molar-refractivity contribution in [3.8, 4) is 17.2 Å². The van der Waals surface area contributed by atoms with E-state index >= 15 is 0 Å². The maximum atomic E-state index is 12.7. The summed E-state index contributed by atoms with van der Waals surface area (Å²) in [5.41, 5.74) is 3.31. The lowest BCUT2D eigenvalue weighted by Crippen LogP contribution is -2.39. The van der Waals surface area contributed by atoms with Gasteiger partial charge in [0.05, 0.1) is 6.04 Å². The molecule has 0 aliphatic carbocycles. The average molecular weight is 369 g/mol. The summed E-state index contributed by atoms with van der Waals surface area (Å²) >= 11 is 0. The quantitative estimate of drug-likeness (QED) is 0.833. The van der Waals surface area contributed by atoms with Gasteiger partial charge < -0.3 is 19.5 Å². The topological polar surface area (TPSA) is 56.8 Å². The monoisotopic (exact) mass is 369 g/mol. The molecule has 3 rings (SSSR count). The molecule has 1 aliphatic heterocycles. The van der Waals surface area contributed by atoms with Gasteiger partial charge in [0, 0.05) is 0 Å². The minimum absolute atomic E-state index is 0.127. The lowest BCUT2D eigenvalue weighted by molar-refractivity contribution is -0.128. The molecule has 0 fully saturated rings. The van der Waals surface area contributed by atoms with E-state index in [1.807, 2.05) is 57.2 Å².